The number of methoxy groups -OCH3 is 1. The molecular formula is C20H21N3O4S. The molecule has 1 aliphatic carbocycles. The molecule has 2 aromatic rings. The van der Waals surface area contributed by atoms with E-state index in [1.807, 2.05) is 18.2 Å². The molecule has 1 aromatic heterocycles. The molecule has 1 aromatic carbocycles. The van der Waals surface area contributed by atoms with Crippen molar-refractivity contribution in [2.24, 2.45) is 0 Å². The molecule has 0 fully saturated rings. The third kappa shape index (κ3) is 3.47. The fraction of sp³-hybridized carbons (Fsp3) is 0.350. The molecule has 1 aliphatic heterocycles. The number of benzene rings is 1. The molecule has 146 valence electrons. The van der Waals surface area contributed by atoms with Crippen molar-refractivity contribution in [2.75, 3.05) is 23.1 Å². The van der Waals surface area contributed by atoms with Crippen LogP contribution in [0, 0.1) is 0 Å². The predicted molar refractivity (Wildman–Crippen MR) is 108 cm³/mol. The second-order valence-corrected chi connectivity index (χ2v) is 8.00. The highest BCUT2D eigenvalue weighted by Gasteiger charge is 2.30. The predicted octanol–water partition coefficient (Wildman–Crippen LogP) is 3.17. The first-order valence-electron chi connectivity index (χ1n) is 9.26. The van der Waals surface area contributed by atoms with Crippen molar-refractivity contribution in [1.29, 1.82) is 0 Å². The lowest BCUT2D eigenvalue weighted by Gasteiger charge is -2.26. The van der Waals surface area contributed by atoms with Gasteiger partial charge in [0.25, 0.3) is 0 Å². The Bertz CT molecular complexity index is 953. The van der Waals surface area contributed by atoms with Crippen molar-refractivity contribution >= 4 is 45.5 Å². The molecule has 2 heterocycles. The molecule has 0 unspecified atom stereocenters. The van der Waals surface area contributed by atoms with Crippen LogP contribution in [0.2, 0.25) is 0 Å². The highest BCUT2D eigenvalue weighted by Crippen LogP contribution is 2.38. The van der Waals surface area contributed by atoms with Crippen LogP contribution in [0.4, 0.5) is 16.4 Å². The van der Waals surface area contributed by atoms with Gasteiger partial charge in [-0.3, -0.25) is 9.59 Å². The molecule has 0 saturated heterocycles. The molecule has 8 heteroatoms. The molecule has 4 rings (SSSR count). The van der Waals surface area contributed by atoms with E-state index in [1.165, 1.54) is 18.4 Å². The summed E-state index contributed by atoms with van der Waals surface area (Å²) in [6.45, 7) is 0. The maximum Gasteiger partial charge on any atom is 0.341 e. The Hall–Kier alpha value is -2.87. The number of rotatable bonds is 4. The number of nitrogens with one attached hydrogen (secondary N) is 3. The lowest BCUT2D eigenvalue weighted by Crippen LogP contribution is -2.41. The van der Waals surface area contributed by atoms with Crippen molar-refractivity contribution in [2.45, 2.75) is 38.1 Å². The van der Waals surface area contributed by atoms with Gasteiger partial charge in [-0.25, -0.2) is 4.79 Å². The van der Waals surface area contributed by atoms with Gasteiger partial charge in [-0.05, 0) is 43.4 Å². The number of hydrogen-bond donors (Lipinski definition) is 3. The van der Waals surface area contributed by atoms with E-state index in [4.69, 9.17) is 4.74 Å². The normalized spacial score (nSPS) is 17.6. The number of fused-ring (bicyclic) bond motifs is 2. The maximum atomic E-state index is 12.6. The van der Waals surface area contributed by atoms with Crippen molar-refractivity contribution in [3.63, 3.8) is 0 Å². The van der Waals surface area contributed by atoms with Crippen LogP contribution in [0.3, 0.4) is 0 Å². The van der Waals surface area contributed by atoms with Gasteiger partial charge in [-0.2, -0.15) is 0 Å². The maximum absolute atomic E-state index is 12.6. The molecule has 3 N–H and O–H groups in total. The minimum atomic E-state index is -0.675. The number of thiophene rings is 1. The number of hydrogen-bond acceptors (Lipinski definition) is 6. The first-order chi connectivity index (χ1) is 13.6. The highest BCUT2D eigenvalue weighted by molar-refractivity contribution is 7.17. The second kappa shape index (κ2) is 7.63. The number of carbonyl (C=O) groups excluding carboxylic acids is 3. The summed E-state index contributed by atoms with van der Waals surface area (Å²) in [6, 6.07) is 6.67. The van der Waals surface area contributed by atoms with E-state index in [0.29, 0.717) is 16.3 Å². The minimum Gasteiger partial charge on any atom is -0.465 e. The molecular weight excluding hydrogens is 378 g/mol. The van der Waals surface area contributed by atoms with E-state index in [2.05, 4.69) is 16.0 Å². The number of para-hydroxylation sites is 2. The van der Waals surface area contributed by atoms with Crippen LogP contribution in [-0.2, 0) is 27.2 Å². The van der Waals surface area contributed by atoms with E-state index >= 15 is 0 Å². The van der Waals surface area contributed by atoms with Gasteiger partial charge in [0.2, 0.25) is 11.8 Å². The SMILES string of the molecule is COC(=O)c1c(NC(=O)C[C@@H]2Nc3ccccc3NC2=O)sc2c1CCCC2. The van der Waals surface area contributed by atoms with Gasteiger partial charge in [0, 0.05) is 4.88 Å². The van der Waals surface area contributed by atoms with Crippen LogP contribution >= 0.6 is 11.3 Å². The Kier molecular flexibility index (Phi) is 5.04. The lowest BCUT2D eigenvalue weighted by atomic mass is 9.95. The number of esters is 1. The zero-order valence-electron chi connectivity index (χ0n) is 15.5. The van der Waals surface area contributed by atoms with Crippen LogP contribution in [0.5, 0.6) is 0 Å². The molecule has 0 spiro atoms. The summed E-state index contributed by atoms with van der Waals surface area (Å²) >= 11 is 1.43. The van der Waals surface area contributed by atoms with Crippen molar-refractivity contribution < 1.29 is 19.1 Å². The fourth-order valence-electron chi connectivity index (χ4n) is 3.67. The molecule has 2 amide bonds. The van der Waals surface area contributed by atoms with E-state index in [-0.39, 0.29) is 18.2 Å². The second-order valence-electron chi connectivity index (χ2n) is 6.89. The molecule has 0 radical (unpaired) electrons. The quantitative estimate of drug-likeness (QED) is 0.686. The highest BCUT2D eigenvalue weighted by atomic mass is 32.1. The molecule has 0 bridgehead atoms. The number of ether oxygens (including phenoxy) is 1. The molecule has 28 heavy (non-hydrogen) atoms. The molecule has 0 saturated carbocycles. The van der Waals surface area contributed by atoms with E-state index in [1.54, 1.807) is 6.07 Å². The van der Waals surface area contributed by atoms with Crippen LogP contribution in [0.25, 0.3) is 0 Å². The topological polar surface area (TPSA) is 96.5 Å². The average molecular weight is 399 g/mol. The van der Waals surface area contributed by atoms with Gasteiger partial charge < -0.3 is 20.7 Å². The fourth-order valence-corrected chi connectivity index (χ4v) is 4.96. The average Bonchev–Trinajstić information content (AvgIpc) is 3.05. The Labute approximate surface area is 166 Å². The molecule has 1 atom stereocenters. The van der Waals surface area contributed by atoms with E-state index < -0.39 is 12.0 Å². The first-order valence-corrected chi connectivity index (χ1v) is 10.1. The summed E-state index contributed by atoms with van der Waals surface area (Å²) in [5.74, 6) is -1.01. The standard InChI is InChI=1S/C20H21N3O4S/c1-27-20(26)17-11-6-2-5-9-15(11)28-19(17)23-16(24)10-14-18(25)22-13-8-4-3-7-12(13)21-14/h3-4,7-8,14,21H,2,5-6,9-10H2,1H3,(H,22,25)(H,23,24)/t14-/m0/s1. The summed E-state index contributed by atoms with van der Waals surface area (Å²) in [4.78, 5) is 38.4. The Morgan fingerprint density at radius 2 is 1.96 bits per heavy atom. The summed E-state index contributed by atoms with van der Waals surface area (Å²) in [6.07, 6.45) is 3.78. The lowest BCUT2D eigenvalue weighted by molar-refractivity contribution is -0.122. The first kappa shape index (κ1) is 18.5. The molecule has 2 aliphatic rings. The molecule has 7 nitrogen and oxygen atoms in total. The Morgan fingerprint density at radius 3 is 2.75 bits per heavy atom. The van der Waals surface area contributed by atoms with Gasteiger partial charge in [-0.1, -0.05) is 12.1 Å². The Morgan fingerprint density at radius 1 is 1.21 bits per heavy atom. The van der Waals surface area contributed by atoms with Crippen molar-refractivity contribution in [3.8, 4) is 0 Å². The number of carbonyl (C=O) groups is 3. The van der Waals surface area contributed by atoms with Crippen LogP contribution in [-0.4, -0.2) is 30.9 Å². The van der Waals surface area contributed by atoms with Crippen LogP contribution < -0.4 is 16.0 Å². The van der Waals surface area contributed by atoms with Crippen molar-refractivity contribution in [1.82, 2.24) is 0 Å². The monoisotopic (exact) mass is 399 g/mol. The van der Waals surface area contributed by atoms with Crippen LogP contribution in [0.1, 0.15) is 40.1 Å². The minimum absolute atomic E-state index is 0.0383. The smallest absolute Gasteiger partial charge is 0.341 e. The van der Waals surface area contributed by atoms with Gasteiger partial charge in [0.15, 0.2) is 0 Å². The largest absolute Gasteiger partial charge is 0.465 e. The number of anilines is 3. The van der Waals surface area contributed by atoms with Crippen molar-refractivity contribution in [3.05, 3.63) is 40.3 Å². The number of aryl methyl sites for hydroxylation is 1. The van der Waals surface area contributed by atoms with E-state index in [0.717, 1.165) is 41.8 Å². The van der Waals surface area contributed by atoms with Gasteiger partial charge in [-0.15, -0.1) is 11.3 Å². The van der Waals surface area contributed by atoms with Crippen LogP contribution in [0.15, 0.2) is 24.3 Å². The number of amides is 2. The van der Waals surface area contributed by atoms with Gasteiger partial charge in [0.1, 0.15) is 11.0 Å². The van der Waals surface area contributed by atoms with Gasteiger partial charge >= 0.3 is 5.97 Å². The summed E-state index contributed by atoms with van der Waals surface area (Å²) < 4.78 is 4.93. The third-order valence-electron chi connectivity index (χ3n) is 5.03. The Balaban J connectivity index is 1.51. The zero-order chi connectivity index (χ0) is 19.7. The summed E-state index contributed by atoms with van der Waals surface area (Å²) in [5, 5.41) is 9.25. The van der Waals surface area contributed by atoms with E-state index in [9.17, 15) is 14.4 Å². The summed E-state index contributed by atoms with van der Waals surface area (Å²) in [5.41, 5.74) is 2.92. The summed E-state index contributed by atoms with van der Waals surface area (Å²) in [7, 11) is 1.34. The third-order valence-corrected chi connectivity index (χ3v) is 6.24. The van der Waals surface area contributed by atoms with Gasteiger partial charge in [0.05, 0.1) is 30.5 Å². The zero-order valence-corrected chi connectivity index (χ0v) is 16.3.